The van der Waals surface area contributed by atoms with Crippen LogP contribution in [-0.2, 0) is 9.47 Å². The van der Waals surface area contributed by atoms with Crippen molar-refractivity contribution >= 4 is 5.78 Å². The number of rotatable bonds is 4. The largest absolute Gasteiger partial charge is 0.381 e. The predicted octanol–water partition coefficient (Wildman–Crippen LogP) is 1.99. The number of aromatic nitrogens is 1. The van der Waals surface area contributed by atoms with Crippen molar-refractivity contribution in [3.05, 3.63) is 29.8 Å². The molecule has 0 amide bonds. The van der Waals surface area contributed by atoms with Crippen molar-refractivity contribution in [1.29, 1.82) is 0 Å². The maximum Gasteiger partial charge on any atom is 0.197 e. The number of carbonyl (C=O) groups excluding carboxylic acids is 1. The van der Waals surface area contributed by atoms with Crippen LogP contribution in [-0.4, -0.2) is 36.2 Å². The molecule has 98 valence electrons. The van der Waals surface area contributed by atoms with Crippen LogP contribution in [0.25, 0.3) is 0 Å². The van der Waals surface area contributed by atoms with E-state index in [0.717, 1.165) is 6.20 Å². The van der Waals surface area contributed by atoms with Crippen LogP contribution in [0.1, 0.15) is 30.1 Å². The Morgan fingerprint density at radius 3 is 2.89 bits per heavy atom. The van der Waals surface area contributed by atoms with Crippen LogP contribution in [0.2, 0.25) is 0 Å². The van der Waals surface area contributed by atoms with Gasteiger partial charge in [-0.3, -0.25) is 9.78 Å². The number of Topliss-reactive ketones (excluding diaryl/α,β-unsaturated/α-hetero) is 1. The molecular weight excluding hydrogens is 237 g/mol. The third kappa shape index (κ3) is 2.42. The van der Waals surface area contributed by atoms with Gasteiger partial charge in [0.05, 0.1) is 11.8 Å². The minimum atomic E-state index is -0.949. The molecule has 0 N–H and O–H groups in total. The zero-order valence-electron chi connectivity index (χ0n) is 10.3. The van der Waals surface area contributed by atoms with Gasteiger partial charge >= 0.3 is 0 Å². The number of carbonyl (C=O) groups is 1. The van der Waals surface area contributed by atoms with E-state index in [9.17, 15) is 9.18 Å². The van der Waals surface area contributed by atoms with E-state index in [-0.39, 0.29) is 11.3 Å². The molecular formula is C13H16FNO3. The first-order chi connectivity index (χ1) is 8.69. The highest BCUT2D eigenvalue weighted by Crippen LogP contribution is 2.30. The number of halogens is 1. The van der Waals surface area contributed by atoms with Crippen LogP contribution >= 0.6 is 0 Å². The number of pyridine rings is 1. The molecule has 0 atom stereocenters. The molecule has 0 unspecified atom stereocenters. The predicted molar refractivity (Wildman–Crippen MR) is 62.9 cm³/mol. The van der Waals surface area contributed by atoms with Crippen LogP contribution in [0.4, 0.5) is 4.39 Å². The highest BCUT2D eigenvalue weighted by Gasteiger charge is 2.42. The van der Waals surface area contributed by atoms with Gasteiger partial charge in [-0.2, -0.15) is 0 Å². The van der Waals surface area contributed by atoms with Gasteiger partial charge < -0.3 is 9.47 Å². The van der Waals surface area contributed by atoms with Gasteiger partial charge in [0.1, 0.15) is 5.60 Å². The van der Waals surface area contributed by atoms with E-state index in [2.05, 4.69) is 4.98 Å². The Balaban J connectivity index is 2.31. The summed E-state index contributed by atoms with van der Waals surface area (Å²) in [6, 6.07) is 1.40. The second kappa shape index (κ2) is 5.54. The third-order valence-corrected chi connectivity index (χ3v) is 3.15. The molecule has 0 radical (unpaired) electrons. The van der Waals surface area contributed by atoms with Gasteiger partial charge in [-0.25, -0.2) is 4.39 Å². The van der Waals surface area contributed by atoms with Crippen LogP contribution in [0.15, 0.2) is 18.5 Å². The van der Waals surface area contributed by atoms with Crippen LogP contribution in [0, 0.1) is 5.82 Å². The van der Waals surface area contributed by atoms with Crippen molar-refractivity contribution in [3.8, 4) is 0 Å². The quantitative estimate of drug-likeness (QED) is 0.770. The Hall–Kier alpha value is -1.33. The lowest BCUT2D eigenvalue weighted by Gasteiger charge is -2.35. The minimum Gasteiger partial charge on any atom is -0.381 e. The number of hydrogen-bond donors (Lipinski definition) is 0. The lowest BCUT2D eigenvalue weighted by atomic mass is 9.85. The molecule has 1 fully saturated rings. The van der Waals surface area contributed by atoms with Crippen LogP contribution in [0.3, 0.4) is 0 Å². The van der Waals surface area contributed by atoms with E-state index in [0.29, 0.717) is 32.7 Å². The Kier molecular flexibility index (Phi) is 4.04. The highest BCUT2D eigenvalue weighted by atomic mass is 19.1. The van der Waals surface area contributed by atoms with Gasteiger partial charge in [0, 0.05) is 38.9 Å². The average molecular weight is 253 g/mol. The number of ketones is 1. The maximum absolute atomic E-state index is 13.6. The Morgan fingerprint density at radius 2 is 2.28 bits per heavy atom. The maximum atomic E-state index is 13.6. The van der Waals surface area contributed by atoms with Crippen molar-refractivity contribution in [3.63, 3.8) is 0 Å². The minimum absolute atomic E-state index is 0.0420. The molecule has 1 aliphatic rings. The Labute approximate surface area is 105 Å². The van der Waals surface area contributed by atoms with Gasteiger partial charge in [0.2, 0.25) is 0 Å². The molecule has 1 saturated heterocycles. The molecule has 1 aromatic heterocycles. The summed E-state index contributed by atoms with van der Waals surface area (Å²) >= 11 is 0. The smallest absolute Gasteiger partial charge is 0.197 e. The summed E-state index contributed by atoms with van der Waals surface area (Å²) in [5.74, 6) is -0.916. The van der Waals surface area contributed by atoms with Gasteiger partial charge in [-0.1, -0.05) is 0 Å². The first kappa shape index (κ1) is 13.1. The summed E-state index contributed by atoms with van der Waals surface area (Å²) in [4.78, 5) is 16.1. The summed E-state index contributed by atoms with van der Waals surface area (Å²) in [5, 5.41) is 0. The lowest BCUT2D eigenvalue weighted by molar-refractivity contribution is -0.0823. The number of hydrogen-bond acceptors (Lipinski definition) is 4. The monoisotopic (exact) mass is 253 g/mol. The molecule has 1 aliphatic heterocycles. The second-order valence-electron chi connectivity index (χ2n) is 4.22. The van der Waals surface area contributed by atoms with Crippen molar-refractivity contribution < 1.29 is 18.7 Å². The third-order valence-electron chi connectivity index (χ3n) is 3.15. The molecule has 2 heterocycles. The van der Waals surface area contributed by atoms with Gasteiger partial charge in [-0.05, 0) is 13.0 Å². The molecule has 1 aromatic rings. The fourth-order valence-electron chi connectivity index (χ4n) is 2.22. The molecule has 0 saturated carbocycles. The van der Waals surface area contributed by atoms with E-state index >= 15 is 0 Å². The first-order valence-electron chi connectivity index (χ1n) is 6.05. The summed E-state index contributed by atoms with van der Waals surface area (Å²) < 4.78 is 24.5. The number of nitrogens with zero attached hydrogens (tertiary/aromatic N) is 1. The van der Waals surface area contributed by atoms with Gasteiger partial charge in [0.25, 0.3) is 0 Å². The summed E-state index contributed by atoms with van der Waals surface area (Å²) in [7, 11) is 0. The van der Waals surface area contributed by atoms with E-state index in [1.165, 1.54) is 12.3 Å². The van der Waals surface area contributed by atoms with Crippen molar-refractivity contribution in [2.45, 2.75) is 25.4 Å². The van der Waals surface area contributed by atoms with Crippen LogP contribution in [0.5, 0.6) is 0 Å². The number of ether oxygens (including phenoxy) is 2. The molecule has 0 bridgehead atoms. The summed E-state index contributed by atoms with van der Waals surface area (Å²) in [6.45, 7) is 3.16. The zero-order chi connectivity index (χ0) is 13.0. The molecule has 2 rings (SSSR count). The SMILES string of the molecule is CCOC1(C(=O)c2ccncc2F)CCOCC1. The van der Waals surface area contributed by atoms with E-state index in [1.54, 1.807) is 0 Å². The van der Waals surface area contributed by atoms with E-state index < -0.39 is 11.4 Å². The van der Waals surface area contributed by atoms with Crippen molar-refractivity contribution in [1.82, 2.24) is 4.98 Å². The van der Waals surface area contributed by atoms with E-state index in [1.807, 2.05) is 6.92 Å². The topological polar surface area (TPSA) is 48.4 Å². The zero-order valence-corrected chi connectivity index (χ0v) is 10.3. The molecule has 0 aromatic carbocycles. The van der Waals surface area contributed by atoms with E-state index in [4.69, 9.17) is 9.47 Å². The Bertz CT molecular complexity index is 424. The molecule has 18 heavy (non-hydrogen) atoms. The molecule has 0 aliphatic carbocycles. The van der Waals surface area contributed by atoms with Crippen LogP contribution < -0.4 is 0 Å². The van der Waals surface area contributed by atoms with Gasteiger partial charge in [-0.15, -0.1) is 0 Å². The second-order valence-corrected chi connectivity index (χ2v) is 4.22. The fourth-order valence-corrected chi connectivity index (χ4v) is 2.22. The standard InChI is InChI=1S/C13H16FNO3/c1-2-18-13(4-7-17-8-5-13)12(16)10-3-6-15-9-11(10)14/h3,6,9H,2,4-5,7-8H2,1H3. The first-order valence-corrected chi connectivity index (χ1v) is 6.05. The Morgan fingerprint density at radius 1 is 1.56 bits per heavy atom. The van der Waals surface area contributed by atoms with Crippen molar-refractivity contribution in [2.75, 3.05) is 19.8 Å². The van der Waals surface area contributed by atoms with Crippen molar-refractivity contribution in [2.24, 2.45) is 0 Å². The van der Waals surface area contributed by atoms with Gasteiger partial charge in [0.15, 0.2) is 11.6 Å². The lowest BCUT2D eigenvalue weighted by Crippen LogP contribution is -2.46. The average Bonchev–Trinajstić information content (AvgIpc) is 2.40. The summed E-state index contributed by atoms with van der Waals surface area (Å²) in [6.07, 6.45) is 3.38. The highest BCUT2D eigenvalue weighted by molar-refractivity contribution is 6.02. The molecule has 0 spiro atoms. The fraction of sp³-hybridized carbons (Fsp3) is 0.538. The molecule has 4 nitrogen and oxygen atoms in total. The normalized spacial score (nSPS) is 18.6. The molecule has 5 heteroatoms. The summed E-state index contributed by atoms with van der Waals surface area (Å²) in [5.41, 5.74) is -0.907.